The summed E-state index contributed by atoms with van der Waals surface area (Å²) in [4.78, 5) is 32.0. The fourth-order valence-electron chi connectivity index (χ4n) is 5.84. The minimum absolute atomic E-state index is 0.0499. The molecule has 4 fully saturated rings. The summed E-state index contributed by atoms with van der Waals surface area (Å²) in [5.74, 6) is 2.55. The third-order valence-electron chi connectivity index (χ3n) is 6.44. The molecule has 6 heteroatoms. The Morgan fingerprint density at radius 1 is 1.24 bits per heavy atom. The number of aromatic nitrogens is 2. The van der Waals surface area contributed by atoms with Crippen molar-refractivity contribution in [3.63, 3.8) is 0 Å². The summed E-state index contributed by atoms with van der Waals surface area (Å²) in [6, 6.07) is 0. The van der Waals surface area contributed by atoms with E-state index in [0.29, 0.717) is 23.6 Å². The van der Waals surface area contributed by atoms with Crippen LogP contribution in [0.4, 0.5) is 0 Å². The van der Waals surface area contributed by atoms with Crippen LogP contribution in [0.3, 0.4) is 0 Å². The van der Waals surface area contributed by atoms with Gasteiger partial charge in [0.25, 0.3) is 5.56 Å². The van der Waals surface area contributed by atoms with Crippen molar-refractivity contribution < 1.29 is 4.79 Å². The number of H-pyrrole nitrogens is 1. The molecule has 1 amide bonds. The second kappa shape index (κ2) is 6.45. The molecular weight excluding hydrogens is 334 g/mol. The van der Waals surface area contributed by atoms with Gasteiger partial charge in [-0.05, 0) is 75.9 Å². The van der Waals surface area contributed by atoms with Gasteiger partial charge in [0.1, 0.15) is 0 Å². The number of hydrogen-bond donors (Lipinski definition) is 2. The molecule has 4 aliphatic carbocycles. The lowest BCUT2D eigenvalue weighted by Gasteiger charge is -2.56. The Morgan fingerprint density at radius 2 is 1.84 bits per heavy atom. The van der Waals surface area contributed by atoms with E-state index in [4.69, 9.17) is 0 Å². The van der Waals surface area contributed by atoms with E-state index in [-0.39, 0.29) is 17.0 Å². The Kier molecular flexibility index (Phi) is 4.42. The summed E-state index contributed by atoms with van der Waals surface area (Å²) in [5.41, 5.74) is 1.31. The topological polar surface area (TPSA) is 74.8 Å². The van der Waals surface area contributed by atoms with E-state index in [1.165, 1.54) is 31.0 Å². The van der Waals surface area contributed by atoms with Crippen molar-refractivity contribution >= 4 is 17.7 Å². The van der Waals surface area contributed by atoms with Gasteiger partial charge in [0, 0.05) is 23.2 Å². The van der Waals surface area contributed by atoms with Gasteiger partial charge in [0.2, 0.25) is 5.91 Å². The summed E-state index contributed by atoms with van der Waals surface area (Å²) >= 11 is 1.42. The van der Waals surface area contributed by atoms with E-state index in [1.54, 1.807) is 0 Å². The highest BCUT2D eigenvalue weighted by molar-refractivity contribution is 7.98. The van der Waals surface area contributed by atoms with Gasteiger partial charge in [-0.15, -0.1) is 0 Å². The van der Waals surface area contributed by atoms with Crippen molar-refractivity contribution in [2.75, 3.05) is 6.26 Å². The average molecular weight is 362 g/mol. The van der Waals surface area contributed by atoms with Gasteiger partial charge < -0.3 is 10.3 Å². The van der Waals surface area contributed by atoms with E-state index in [9.17, 15) is 9.59 Å². The van der Waals surface area contributed by atoms with Crippen LogP contribution >= 0.6 is 11.8 Å². The lowest BCUT2D eigenvalue weighted by Crippen LogP contribution is -2.59. The van der Waals surface area contributed by atoms with Crippen LogP contribution in [0.5, 0.6) is 0 Å². The Morgan fingerprint density at radius 3 is 2.36 bits per heavy atom. The molecule has 2 N–H and O–H groups in total. The van der Waals surface area contributed by atoms with Crippen molar-refractivity contribution in [1.82, 2.24) is 15.3 Å². The Hall–Kier alpha value is -1.30. The van der Waals surface area contributed by atoms with Crippen LogP contribution in [0.15, 0.2) is 9.95 Å². The normalized spacial score (nSPS) is 32.8. The van der Waals surface area contributed by atoms with Crippen LogP contribution in [-0.4, -0.2) is 27.7 Å². The largest absolute Gasteiger partial charge is 0.351 e. The van der Waals surface area contributed by atoms with Crippen molar-refractivity contribution in [3.05, 3.63) is 21.6 Å². The minimum Gasteiger partial charge on any atom is -0.351 e. The van der Waals surface area contributed by atoms with Gasteiger partial charge in [-0.25, -0.2) is 4.98 Å². The van der Waals surface area contributed by atoms with Gasteiger partial charge in [-0.3, -0.25) is 9.59 Å². The smallest absolute Gasteiger partial charge is 0.254 e. The number of hydrogen-bond acceptors (Lipinski definition) is 4. The van der Waals surface area contributed by atoms with E-state index in [0.717, 1.165) is 42.7 Å². The van der Waals surface area contributed by atoms with Crippen LogP contribution in [0.1, 0.15) is 56.2 Å². The Balaban J connectivity index is 1.40. The summed E-state index contributed by atoms with van der Waals surface area (Å²) in [5, 5.41) is 4.01. The lowest BCUT2D eigenvalue weighted by atomic mass is 9.53. The van der Waals surface area contributed by atoms with Crippen LogP contribution in [0.25, 0.3) is 0 Å². The molecule has 4 saturated carbocycles. The number of thioether (sulfide) groups is 1. The number of amides is 1. The van der Waals surface area contributed by atoms with Gasteiger partial charge in [-0.1, -0.05) is 11.8 Å². The molecule has 0 radical (unpaired) electrons. The van der Waals surface area contributed by atoms with Crippen molar-refractivity contribution in [3.8, 4) is 0 Å². The van der Waals surface area contributed by atoms with Gasteiger partial charge in [-0.2, -0.15) is 0 Å². The summed E-state index contributed by atoms with van der Waals surface area (Å²) in [6.07, 6.45) is 10.3. The maximum atomic E-state index is 12.6. The van der Waals surface area contributed by atoms with Crippen LogP contribution in [-0.2, 0) is 11.2 Å². The van der Waals surface area contributed by atoms with Crippen LogP contribution < -0.4 is 10.9 Å². The zero-order valence-corrected chi connectivity index (χ0v) is 15.9. The number of nitrogens with one attached hydrogen (secondary N) is 2. The number of nitrogens with zero attached hydrogens (tertiary/aromatic N) is 1. The number of aromatic amines is 1. The lowest BCUT2D eigenvalue weighted by molar-refractivity contribution is -0.126. The minimum atomic E-state index is -0.112. The molecule has 0 unspecified atom stereocenters. The first-order valence-electron chi connectivity index (χ1n) is 9.41. The molecule has 0 saturated heterocycles. The van der Waals surface area contributed by atoms with E-state index >= 15 is 0 Å². The molecule has 0 aliphatic heterocycles. The molecule has 0 spiro atoms. The predicted octanol–water partition coefficient (Wildman–Crippen LogP) is 2.82. The third-order valence-corrected chi connectivity index (χ3v) is 7.02. The molecule has 5 nitrogen and oxygen atoms in total. The first-order valence-corrected chi connectivity index (χ1v) is 10.6. The summed E-state index contributed by atoms with van der Waals surface area (Å²) < 4.78 is 0. The molecule has 1 heterocycles. The Labute approximate surface area is 152 Å². The average Bonchev–Trinajstić information content (AvgIpc) is 2.51. The monoisotopic (exact) mass is 361 g/mol. The number of aryl methyl sites for hydroxylation is 1. The van der Waals surface area contributed by atoms with Gasteiger partial charge in [0.15, 0.2) is 5.16 Å². The number of carbonyl (C=O) groups is 1. The molecule has 4 bridgehead atoms. The second-order valence-electron chi connectivity index (χ2n) is 8.39. The Bertz CT molecular complexity index is 707. The van der Waals surface area contributed by atoms with E-state index in [1.807, 2.05) is 13.2 Å². The van der Waals surface area contributed by atoms with Gasteiger partial charge in [0.05, 0.1) is 0 Å². The van der Waals surface area contributed by atoms with Crippen molar-refractivity contribution in [2.24, 2.45) is 17.8 Å². The third kappa shape index (κ3) is 3.37. The molecule has 5 rings (SSSR count). The van der Waals surface area contributed by atoms with E-state index < -0.39 is 0 Å². The second-order valence-corrected chi connectivity index (χ2v) is 9.18. The zero-order chi connectivity index (χ0) is 17.6. The quantitative estimate of drug-likeness (QED) is 0.625. The standard InChI is InChI=1S/C19H27N3O2S/c1-11-15(17(24)21-18(20-11)25-2)3-4-16(23)22-19-8-12-5-13(9-19)7-14(6-12)10-19/h12-14H,3-10H2,1-2H3,(H,22,23)(H,20,21,24). The fourth-order valence-corrected chi connectivity index (χ4v) is 6.26. The summed E-state index contributed by atoms with van der Waals surface area (Å²) in [7, 11) is 0. The zero-order valence-electron chi connectivity index (χ0n) is 15.1. The first kappa shape index (κ1) is 17.1. The van der Waals surface area contributed by atoms with Crippen molar-refractivity contribution in [2.45, 2.75) is 69.0 Å². The highest BCUT2D eigenvalue weighted by Crippen LogP contribution is 2.55. The highest BCUT2D eigenvalue weighted by atomic mass is 32.2. The maximum Gasteiger partial charge on any atom is 0.254 e. The predicted molar refractivity (Wildman–Crippen MR) is 98.7 cm³/mol. The molecular formula is C19H27N3O2S. The molecule has 0 atom stereocenters. The van der Waals surface area contributed by atoms with Crippen LogP contribution in [0.2, 0.25) is 0 Å². The molecule has 0 aromatic carbocycles. The van der Waals surface area contributed by atoms with Crippen LogP contribution in [0, 0.1) is 24.7 Å². The SMILES string of the molecule is CSc1nc(C)c(CCC(=O)NC23CC4CC(CC(C4)C2)C3)c(=O)[nH]1. The molecule has 4 aliphatic rings. The highest BCUT2D eigenvalue weighted by Gasteiger charge is 2.51. The first-order chi connectivity index (χ1) is 12.0. The maximum absolute atomic E-state index is 12.6. The number of rotatable bonds is 5. The summed E-state index contributed by atoms with van der Waals surface area (Å²) in [6.45, 7) is 1.85. The molecule has 25 heavy (non-hydrogen) atoms. The van der Waals surface area contributed by atoms with Crippen molar-refractivity contribution in [1.29, 1.82) is 0 Å². The molecule has 1 aromatic heterocycles. The van der Waals surface area contributed by atoms with E-state index in [2.05, 4.69) is 15.3 Å². The number of carbonyl (C=O) groups excluding carboxylic acids is 1. The molecule has 136 valence electrons. The fraction of sp³-hybridized carbons (Fsp3) is 0.737. The molecule has 1 aromatic rings. The van der Waals surface area contributed by atoms with Gasteiger partial charge >= 0.3 is 0 Å².